The molecule has 164 valence electrons. The molecule has 0 aliphatic carbocycles. The molecule has 0 aromatic heterocycles. The summed E-state index contributed by atoms with van der Waals surface area (Å²) in [6, 6.07) is 14.1. The molecule has 3 aromatic carbocycles. The molecule has 0 heterocycles. The molecule has 0 unspecified atom stereocenters. The van der Waals surface area contributed by atoms with Crippen molar-refractivity contribution in [3.05, 3.63) is 103 Å². The Hall–Kier alpha value is -3.06. The summed E-state index contributed by atoms with van der Waals surface area (Å²) >= 11 is 18.2. The van der Waals surface area contributed by atoms with E-state index in [2.05, 4.69) is 0 Å². The number of ketones is 1. The van der Waals surface area contributed by atoms with Gasteiger partial charge in [0.15, 0.2) is 11.5 Å². The number of nitro benzene ring substituents is 1. The number of carbonyl (C=O) groups is 1. The van der Waals surface area contributed by atoms with Gasteiger partial charge in [0.2, 0.25) is 0 Å². The summed E-state index contributed by atoms with van der Waals surface area (Å²) < 4.78 is 11.1. The molecule has 0 spiro atoms. The molecule has 0 amide bonds. The number of hydrogen-bond acceptors (Lipinski definition) is 5. The van der Waals surface area contributed by atoms with Crippen LogP contribution in [0.5, 0.6) is 11.5 Å². The van der Waals surface area contributed by atoms with E-state index < -0.39 is 10.7 Å². The van der Waals surface area contributed by atoms with Crippen LogP contribution in [-0.4, -0.2) is 17.8 Å². The molecule has 3 rings (SSSR count). The van der Waals surface area contributed by atoms with Gasteiger partial charge in [-0.1, -0.05) is 59.1 Å². The zero-order valence-electron chi connectivity index (χ0n) is 16.7. The number of rotatable bonds is 8. The molecular formula is C23H16Cl3NO5. The van der Waals surface area contributed by atoms with Gasteiger partial charge in [-0.15, -0.1) is 0 Å². The maximum absolute atomic E-state index is 12.5. The second-order valence-corrected chi connectivity index (χ2v) is 7.78. The highest BCUT2D eigenvalue weighted by Gasteiger charge is 2.17. The molecule has 0 saturated heterocycles. The molecule has 3 aromatic rings. The lowest BCUT2D eigenvalue weighted by atomic mass is 10.1. The monoisotopic (exact) mass is 491 g/mol. The first-order valence-electron chi connectivity index (χ1n) is 9.20. The fraction of sp³-hybridized carbons (Fsp3) is 0.0870. The summed E-state index contributed by atoms with van der Waals surface area (Å²) in [6.07, 6.45) is 2.84. The number of benzene rings is 3. The lowest BCUT2D eigenvalue weighted by molar-refractivity contribution is -0.385. The van der Waals surface area contributed by atoms with Crippen molar-refractivity contribution < 1.29 is 19.2 Å². The van der Waals surface area contributed by atoms with Crippen LogP contribution in [0.25, 0.3) is 6.08 Å². The highest BCUT2D eigenvalue weighted by molar-refractivity contribution is 6.40. The maximum Gasteiger partial charge on any atom is 0.280 e. The third kappa shape index (κ3) is 5.59. The SMILES string of the molecule is COc1ccc(/C=C/C(=O)c2ccccc2[N+](=O)[O-])cc1COc1c(Cl)cc(Cl)cc1Cl. The van der Waals surface area contributed by atoms with E-state index in [9.17, 15) is 14.9 Å². The van der Waals surface area contributed by atoms with E-state index in [1.807, 2.05) is 0 Å². The molecule has 0 fully saturated rings. The molecule has 32 heavy (non-hydrogen) atoms. The Morgan fingerprint density at radius 3 is 2.41 bits per heavy atom. The molecule has 0 bridgehead atoms. The summed E-state index contributed by atoms with van der Waals surface area (Å²) in [7, 11) is 1.52. The van der Waals surface area contributed by atoms with Crippen molar-refractivity contribution in [2.45, 2.75) is 6.61 Å². The molecule has 0 saturated carbocycles. The summed E-state index contributed by atoms with van der Waals surface area (Å²) in [4.78, 5) is 23.0. The molecular weight excluding hydrogens is 477 g/mol. The topological polar surface area (TPSA) is 78.7 Å². The van der Waals surface area contributed by atoms with Crippen LogP contribution in [0.1, 0.15) is 21.5 Å². The van der Waals surface area contributed by atoms with Crippen molar-refractivity contribution >= 4 is 52.3 Å². The van der Waals surface area contributed by atoms with Crippen LogP contribution in [0.15, 0.2) is 60.7 Å². The summed E-state index contributed by atoms with van der Waals surface area (Å²) in [5.74, 6) is 0.367. The van der Waals surface area contributed by atoms with E-state index >= 15 is 0 Å². The zero-order chi connectivity index (χ0) is 23.3. The van der Waals surface area contributed by atoms with Crippen molar-refractivity contribution in [1.29, 1.82) is 0 Å². The number of hydrogen-bond donors (Lipinski definition) is 0. The number of para-hydroxylation sites is 1. The van der Waals surface area contributed by atoms with E-state index in [-0.39, 0.29) is 33.7 Å². The highest BCUT2D eigenvalue weighted by atomic mass is 35.5. The second-order valence-electron chi connectivity index (χ2n) is 6.53. The Balaban J connectivity index is 1.82. The van der Waals surface area contributed by atoms with Gasteiger partial charge in [0, 0.05) is 16.7 Å². The third-order valence-corrected chi connectivity index (χ3v) is 5.21. The first kappa shape index (κ1) is 23.6. The minimum Gasteiger partial charge on any atom is -0.496 e. The number of ether oxygens (including phenoxy) is 2. The van der Waals surface area contributed by atoms with Gasteiger partial charge in [-0.25, -0.2) is 0 Å². The molecule has 0 N–H and O–H groups in total. The van der Waals surface area contributed by atoms with Crippen molar-refractivity contribution in [2.24, 2.45) is 0 Å². The minimum absolute atomic E-state index is 0.0119. The standard InChI is InChI=1S/C23H16Cl3NO5/c1-31-22-9-7-14(6-8-21(28)17-4-2-3-5-20(17)27(29)30)10-15(22)13-32-23-18(25)11-16(24)12-19(23)26/h2-12H,13H2,1H3/b8-6+. The first-order valence-corrected chi connectivity index (χ1v) is 10.3. The van der Waals surface area contributed by atoms with Crippen LogP contribution in [0.4, 0.5) is 5.69 Å². The highest BCUT2D eigenvalue weighted by Crippen LogP contribution is 2.36. The van der Waals surface area contributed by atoms with Crippen molar-refractivity contribution in [3.8, 4) is 11.5 Å². The van der Waals surface area contributed by atoms with E-state index in [1.165, 1.54) is 43.5 Å². The average Bonchev–Trinajstić information content (AvgIpc) is 2.76. The molecule has 9 heteroatoms. The Kier molecular flexibility index (Phi) is 7.75. The predicted octanol–water partition coefficient (Wildman–Crippen LogP) is 7.04. The fourth-order valence-electron chi connectivity index (χ4n) is 2.93. The number of carbonyl (C=O) groups excluding carboxylic acids is 1. The lowest BCUT2D eigenvalue weighted by Crippen LogP contribution is -2.01. The molecule has 0 radical (unpaired) electrons. The van der Waals surface area contributed by atoms with Crippen LogP contribution in [-0.2, 0) is 6.61 Å². The number of methoxy groups -OCH3 is 1. The summed E-state index contributed by atoms with van der Waals surface area (Å²) in [5, 5.41) is 12.1. The van der Waals surface area contributed by atoms with Gasteiger partial charge >= 0.3 is 0 Å². The van der Waals surface area contributed by atoms with Crippen LogP contribution in [0.3, 0.4) is 0 Å². The van der Waals surface area contributed by atoms with Crippen LogP contribution in [0, 0.1) is 10.1 Å². The van der Waals surface area contributed by atoms with Gasteiger partial charge in [0.05, 0.1) is 27.6 Å². The Morgan fingerprint density at radius 2 is 1.75 bits per heavy atom. The number of allylic oxidation sites excluding steroid dienone is 1. The Bertz CT molecular complexity index is 1190. The van der Waals surface area contributed by atoms with Crippen molar-refractivity contribution in [2.75, 3.05) is 7.11 Å². The van der Waals surface area contributed by atoms with Crippen molar-refractivity contribution in [3.63, 3.8) is 0 Å². The smallest absolute Gasteiger partial charge is 0.280 e. The molecule has 6 nitrogen and oxygen atoms in total. The van der Waals surface area contributed by atoms with Gasteiger partial charge in [-0.05, 0) is 42.0 Å². The Morgan fingerprint density at radius 1 is 1.06 bits per heavy atom. The van der Waals surface area contributed by atoms with Gasteiger partial charge in [0.1, 0.15) is 12.4 Å². The Labute approximate surface area is 199 Å². The number of nitrogens with zero attached hydrogens (tertiary/aromatic N) is 1. The number of halogens is 3. The maximum atomic E-state index is 12.5. The quantitative estimate of drug-likeness (QED) is 0.146. The second kappa shape index (κ2) is 10.5. The first-order chi connectivity index (χ1) is 15.3. The molecule has 0 aliphatic rings. The summed E-state index contributed by atoms with van der Waals surface area (Å²) in [5.41, 5.74) is 1.11. The van der Waals surface area contributed by atoms with E-state index in [0.717, 1.165) is 0 Å². The van der Waals surface area contributed by atoms with Gasteiger partial charge in [-0.3, -0.25) is 14.9 Å². The largest absolute Gasteiger partial charge is 0.496 e. The molecule has 0 aliphatic heterocycles. The minimum atomic E-state index is -0.586. The van der Waals surface area contributed by atoms with Gasteiger partial charge < -0.3 is 9.47 Å². The van der Waals surface area contributed by atoms with Crippen LogP contribution in [0.2, 0.25) is 15.1 Å². The van der Waals surface area contributed by atoms with Gasteiger partial charge in [-0.2, -0.15) is 0 Å². The normalized spacial score (nSPS) is 10.9. The van der Waals surface area contributed by atoms with Crippen molar-refractivity contribution in [1.82, 2.24) is 0 Å². The van der Waals surface area contributed by atoms with Crippen LogP contribution >= 0.6 is 34.8 Å². The lowest BCUT2D eigenvalue weighted by Gasteiger charge is -2.13. The van der Waals surface area contributed by atoms with Crippen LogP contribution < -0.4 is 9.47 Å². The molecule has 0 atom stereocenters. The summed E-state index contributed by atoms with van der Waals surface area (Å²) in [6.45, 7) is 0.0873. The van der Waals surface area contributed by atoms with E-state index in [4.69, 9.17) is 44.3 Å². The number of nitro groups is 1. The predicted molar refractivity (Wildman–Crippen MR) is 125 cm³/mol. The van der Waals surface area contributed by atoms with E-state index in [0.29, 0.717) is 21.9 Å². The fourth-order valence-corrected chi connectivity index (χ4v) is 3.86. The average molecular weight is 493 g/mol. The van der Waals surface area contributed by atoms with E-state index in [1.54, 1.807) is 30.3 Å². The third-order valence-electron chi connectivity index (χ3n) is 4.43. The van der Waals surface area contributed by atoms with Gasteiger partial charge in [0.25, 0.3) is 5.69 Å². The zero-order valence-corrected chi connectivity index (χ0v) is 18.9.